The Morgan fingerprint density at radius 1 is 0.889 bits per heavy atom. The van der Waals surface area contributed by atoms with Crippen LogP contribution in [0.3, 0.4) is 0 Å². The Hall–Kier alpha value is -2.04. The fourth-order valence-electron chi connectivity index (χ4n) is 4.11. The predicted molar refractivity (Wildman–Crippen MR) is 105 cm³/mol. The lowest BCUT2D eigenvalue weighted by molar-refractivity contribution is -0.126. The van der Waals surface area contributed by atoms with Crippen molar-refractivity contribution in [3.8, 4) is 5.75 Å². The monoisotopic (exact) mass is 372 g/mol. The molecule has 0 radical (unpaired) electrons. The van der Waals surface area contributed by atoms with Gasteiger partial charge in [0.15, 0.2) is 0 Å². The van der Waals surface area contributed by atoms with Crippen molar-refractivity contribution >= 4 is 11.8 Å². The van der Waals surface area contributed by atoms with E-state index < -0.39 is 0 Å². The van der Waals surface area contributed by atoms with Gasteiger partial charge in [-0.05, 0) is 50.5 Å². The molecule has 5 nitrogen and oxygen atoms in total. The maximum atomic E-state index is 12.1. The molecule has 0 unspecified atom stereocenters. The fourth-order valence-corrected chi connectivity index (χ4v) is 4.11. The minimum absolute atomic E-state index is 0.0120. The van der Waals surface area contributed by atoms with E-state index in [4.69, 9.17) is 4.74 Å². The number of amides is 2. The molecule has 27 heavy (non-hydrogen) atoms. The number of hydrogen-bond acceptors (Lipinski definition) is 3. The third-order valence-corrected chi connectivity index (χ3v) is 5.69. The van der Waals surface area contributed by atoms with Gasteiger partial charge in [0.25, 0.3) is 0 Å². The first-order valence-corrected chi connectivity index (χ1v) is 10.5. The predicted octanol–water partition coefficient (Wildman–Crippen LogP) is 3.71. The number of carbonyl (C=O) groups is 2. The zero-order valence-electron chi connectivity index (χ0n) is 16.2. The van der Waals surface area contributed by atoms with E-state index in [9.17, 15) is 9.59 Å². The lowest BCUT2D eigenvalue weighted by Crippen LogP contribution is -2.37. The van der Waals surface area contributed by atoms with Crippen LogP contribution < -0.4 is 15.4 Å². The van der Waals surface area contributed by atoms with Crippen molar-refractivity contribution in [2.75, 3.05) is 6.54 Å². The lowest BCUT2D eigenvalue weighted by Gasteiger charge is -2.20. The molecule has 2 amide bonds. The summed E-state index contributed by atoms with van der Waals surface area (Å²) in [6.07, 6.45) is 11.5. The van der Waals surface area contributed by atoms with Gasteiger partial charge in [-0.2, -0.15) is 0 Å². The van der Waals surface area contributed by atoms with Crippen LogP contribution in [0.4, 0.5) is 0 Å². The molecule has 2 saturated carbocycles. The van der Waals surface area contributed by atoms with E-state index in [1.165, 1.54) is 32.1 Å². The number of carbonyl (C=O) groups excluding carboxylic acids is 2. The SMILES string of the molecule is O=C(CNC(=O)CC1CCCCC1)NCc1ccccc1OC1CCCC1. The molecule has 0 aliphatic heterocycles. The van der Waals surface area contributed by atoms with E-state index in [2.05, 4.69) is 10.6 Å². The molecule has 2 fully saturated rings. The van der Waals surface area contributed by atoms with Gasteiger partial charge in [-0.25, -0.2) is 0 Å². The van der Waals surface area contributed by atoms with Gasteiger partial charge in [-0.1, -0.05) is 37.5 Å². The highest BCUT2D eigenvalue weighted by atomic mass is 16.5. The van der Waals surface area contributed by atoms with Gasteiger partial charge >= 0.3 is 0 Å². The van der Waals surface area contributed by atoms with Crippen LogP contribution in [-0.4, -0.2) is 24.5 Å². The standard InChI is InChI=1S/C22H32N2O3/c25-21(14-17-8-2-1-3-9-17)24-16-22(26)23-15-18-10-4-7-13-20(18)27-19-11-5-6-12-19/h4,7,10,13,17,19H,1-3,5-6,8-9,11-12,14-16H2,(H,23,26)(H,24,25). The molecule has 2 N–H and O–H groups in total. The molecule has 5 heteroatoms. The zero-order valence-corrected chi connectivity index (χ0v) is 16.2. The van der Waals surface area contributed by atoms with Crippen LogP contribution in [0.15, 0.2) is 24.3 Å². The number of benzene rings is 1. The summed E-state index contributed by atoms with van der Waals surface area (Å²) in [6.45, 7) is 0.456. The maximum Gasteiger partial charge on any atom is 0.239 e. The van der Waals surface area contributed by atoms with Crippen molar-refractivity contribution in [2.45, 2.75) is 76.9 Å². The highest BCUT2D eigenvalue weighted by Gasteiger charge is 2.19. The van der Waals surface area contributed by atoms with Crippen molar-refractivity contribution < 1.29 is 14.3 Å². The first-order valence-electron chi connectivity index (χ1n) is 10.5. The van der Waals surface area contributed by atoms with E-state index in [1.54, 1.807) is 0 Å². The summed E-state index contributed by atoms with van der Waals surface area (Å²) in [5, 5.41) is 5.65. The summed E-state index contributed by atoms with van der Waals surface area (Å²) in [5.41, 5.74) is 0.978. The first kappa shape index (κ1) is 19.7. The molecule has 0 spiro atoms. The molecule has 2 aliphatic carbocycles. The number of nitrogens with one attached hydrogen (secondary N) is 2. The van der Waals surface area contributed by atoms with E-state index in [0.717, 1.165) is 37.0 Å². The third-order valence-electron chi connectivity index (χ3n) is 5.69. The fraction of sp³-hybridized carbons (Fsp3) is 0.636. The van der Waals surface area contributed by atoms with E-state index in [0.29, 0.717) is 25.0 Å². The summed E-state index contributed by atoms with van der Waals surface area (Å²) in [4.78, 5) is 24.1. The summed E-state index contributed by atoms with van der Waals surface area (Å²) in [5.74, 6) is 1.16. The quantitative estimate of drug-likeness (QED) is 0.731. The molecule has 148 valence electrons. The van der Waals surface area contributed by atoms with Gasteiger partial charge in [0.05, 0.1) is 12.6 Å². The van der Waals surface area contributed by atoms with Crippen molar-refractivity contribution in [1.82, 2.24) is 10.6 Å². The number of ether oxygens (including phenoxy) is 1. The molecule has 3 rings (SSSR count). The van der Waals surface area contributed by atoms with Crippen LogP contribution >= 0.6 is 0 Å². The highest BCUT2D eigenvalue weighted by molar-refractivity contribution is 5.84. The first-order chi connectivity index (χ1) is 13.2. The van der Waals surface area contributed by atoms with Crippen LogP contribution in [0.25, 0.3) is 0 Å². The Balaban J connectivity index is 1.39. The minimum Gasteiger partial charge on any atom is -0.490 e. The number of para-hydroxylation sites is 1. The Kier molecular flexibility index (Phi) is 7.55. The van der Waals surface area contributed by atoms with Crippen molar-refractivity contribution in [3.63, 3.8) is 0 Å². The molecule has 0 saturated heterocycles. The normalized spacial score (nSPS) is 18.2. The van der Waals surface area contributed by atoms with Crippen LogP contribution in [0.2, 0.25) is 0 Å². The zero-order chi connectivity index (χ0) is 18.9. The second-order valence-electron chi connectivity index (χ2n) is 7.89. The van der Waals surface area contributed by atoms with Gasteiger partial charge in [0, 0.05) is 18.5 Å². The van der Waals surface area contributed by atoms with Crippen molar-refractivity contribution in [3.05, 3.63) is 29.8 Å². The smallest absolute Gasteiger partial charge is 0.239 e. The topological polar surface area (TPSA) is 67.4 Å². The van der Waals surface area contributed by atoms with E-state index in [-0.39, 0.29) is 18.4 Å². The molecular formula is C22H32N2O3. The second kappa shape index (κ2) is 10.3. The molecule has 0 atom stereocenters. The Bertz CT molecular complexity index is 620. The Morgan fingerprint density at radius 3 is 2.37 bits per heavy atom. The van der Waals surface area contributed by atoms with Gasteiger partial charge < -0.3 is 15.4 Å². The average Bonchev–Trinajstić information content (AvgIpc) is 3.19. The van der Waals surface area contributed by atoms with Crippen LogP contribution in [0.1, 0.15) is 69.8 Å². The van der Waals surface area contributed by atoms with Gasteiger partial charge in [-0.15, -0.1) is 0 Å². The lowest BCUT2D eigenvalue weighted by atomic mass is 9.87. The largest absolute Gasteiger partial charge is 0.490 e. The highest BCUT2D eigenvalue weighted by Crippen LogP contribution is 2.27. The Morgan fingerprint density at radius 2 is 1.59 bits per heavy atom. The van der Waals surface area contributed by atoms with Crippen LogP contribution in [-0.2, 0) is 16.1 Å². The Labute approximate surface area is 162 Å². The molecule has 0 heterocycles. The summed E-state index contributed by atoms with van der Waals surface area (Å²) in [7, 11) is 0. The average molecular weight is 373 g/mol. The number of rotatable bonds is 8. The molecule has 0 bridgehead atoms. The minimum atomic E-state index is -0.164. The molecule has 2 aliphatic rings. The number of hydrogen-bond donors (Lipinski definition) is 2. The molecule has 1 aromatic rings. The summed E-state index contributed by atoms with van der Waals surface area (Å²) < 4.78 is 6.10. The molecular weight excluding hydrogens is 340 g/mol. The molecule has 0 aromatic heterocycles. The van der Waals surface area contributed by atoms with E-state index in [1.807, 2.05) is 24.3 Å². The summed E-state index contributed by atoms with van der Waals surface area (Å²) in [6, 6.07) is 7.86. The van der Waals surface area contributed by atoms with Gasteiger partial charge in [0.1, 0.15) is 5.75 Å². The van der Waals surface area contributed by atoms with Gasteiger partial charge in [-0.3, -0.25) is 9.59 Å². The van der Waals surface area contributed by atoms with E-state index >= 15 is 0 Å². The van der Waals surface area contributed by atoms with Crippen LogP contribution in [0.5, 0.6) is 5.75 Å². The molecule has 1 aromatic carbocycles. The van der Waals surface area contributed by atoms with Crippen molar-refractivity contribution in [1.29, 1.82) is 0 Å². The second-order valence-corrected chi connectivity index (χ2v) is 7.89. The van der Waals surface area contributed by atoms with Crippen molar-refractivity contribution in [2.24, 2.45) is 5.92 Å². The maximum absolute atomic E-state index is 12.1. The van der Waals surface area contributed by atoms with Crippen LogP contribution in [0, 0.1) is 5.92 Å². The van der Waals surface area contributed by atoms with Gasteiger partial charge in [0.2, 0.25) is 11.8 Å². The third kappa shape index (κ3) is 6.56. The summed E-state index contributed by atoms with van der Waals surface area (Å²) >= 11 is 0.